The van der Waals surface area contributed by atoms with E-state index in [4.69, 9.17) is 5.73 Å². The number of nitrogens with two attached hydrogens (primary N) is 1. The Bertz CT molecular complexity index is 207. The summed E-state index contributed by atoms with van der Waals surface area (Å²) in [4.78, 5) is 13.8. The van der Waals surface area contributed by atoms with Gasteiger partial charge in [-0.3, -0.25) is 4.79 Å². The molecule has 80 valence electrons. The van der Waals surface area contributed by atoms with Gasteiger partial charge in [-0.1, -0.05) is 0 Å². The number of carbonyl (C=O) groups excluding carboxylic acids is 1. The van der Waals surface area contributed by atoms with Gasteiger partial charge in [-0.25, -0.2) is 0 Å². The number of carbonyl (C=O) groups is 1. The molecule has 0 bridgehead atoms. The predicted molar refractivity (Wildman–Crippen MR) is 54.7 cm³/mol. The number of rotatable bonds is 2. The molecule has 2 fully saturated rings. The Hall–Kier alpha value is -0.610. The molecule has 2 aliphatic heterocycles. The van der Waals surface area contributed by atoms with Gasteiger partial charge in [-0.2, -0.15) is 0 Å². The van der Waals surface area contributed by atoms with E-state index in [1.54, 1.807) is 0 Å². The van der Waals surface area contributed by atoms with Crippen LogP contribution in [0.25, 0.3) is 0 Å². The molecule has 3 N–H and O–H groups in total. The topological polar surface area (TPSA) is 58.4 Å². The molecule has 0 atom stereocenters. The number of hydrogen-bond donors (Lipinski definition) is 2. The van der Waals surface area contributed by atoms with E-state index in [9.17, 15) is 4.79 Å². The largest absolute Gasteiger partial charge is 0.342 e. The van der Waals surface area contributed by atoms with Crippen molar-refractivity contribution in [2.75, 3.05) is 32.7 Å². The molecule has 14 heavy (non-hydrogen) atoms. The normalized spacial score (nSPS) is 24.8. The Balaban J connectivity index is 1.79. The van der Waals surface area contributed by atoms with Crippen LogP contribution in [0.4, 0.5) is 0 Å². The third-order valence-electron chi connectivity index (χ3n) is 3.39. The predicted octanol–water partition coefficient (Wildman–Crippen LogP) is -0.597. The third kappa shape index (κ3) is 1.91. The average Bonchev–Trinajstić information content (AvgIpc) is 2.15. The van der Waals surface area contributed by atoms with Gasteiger partial charge in [0.05, 0.1) is 5.92 Å². The van der Waals surface area contributed by atoms with E-state index < -0.39 is 0 Å². The lowest BCUT2D eigenvalue weighted by Crippen LogP contribution is -2.53. The maximum Gasteiger partial charge on any atom is 0.228 e. The van der Waals surface area contributed by atoms with Crippen LogP contribution in [-0.2, 0) is 4.79 Å². The molecular weight excluding hydrogens is 178 g/mol. The second-order valence-corrected chi connectivity index (χ2v) is 4.36. The molecule has 0 radical (unpaired) electrons. The summed E-state index contributed by atoms with van der Waals surface area (Å²) in [7, 11) is 0. The molecule has 2 rings (SSSR count). The number of nitrogens with one attached hydrogen (secondary N) is 1. The zero-order valence-corrected chi connectivity index (χ0v) is 8.54. The Kier molecular flexibility index (Phi) is 3.03. The number of piperidine rings is 1. The highest BCUT2D eigenvalue weighted by Crippen LogP contribution is 2.18. The monoisotopic (exact) mass is 197 g/mol. The van der Waals surface area contributed by atoms with Crippen LogP contribution >= 0.6 is 0 Å². The molecule has 0 unspecified atom stereocenters. The number of hydrogen-bond acceptors (Lipinski definition) is 3. The van der Waals surface area contributed by atoms with Gasteiger partial charge >= 0.3 is 0 Å². The fraction of sp³-hybridized carbons (Fsp3) is 0.900. The molecule has 2 heterocycles. The molecule has 0 aromatic carbocycles. The van der Waals surface area contributed by atoms with E-state index in [0.29, 0.717) is 11.8 Å². The van der Waals surface area contributed by atoms with Crippen molar-refractivity contribution in [3.05, 3.63) is 0 Å². The molecule has 2 aliphatic rings. The van der Waals surface area contributed by atoms with E-state index in [1.807, 2.05) is 4.90 Å². The van der Waals surface area contributed by atoms with Crippen molar-refractivity contribution in [1.82, 2.24) is 10.2 Å². The second kappa shape index (κ2) is 4.28. The van der Waals surface area contributed by atoms with Crippen molar-refractivity contribution in [1.29, 1.82) is 0 Å². The first-order chi connectivity index (χ1) is 6.81. The summed E-state index contributed by atoms with van der Waals surface area (Å²) < 4.78 is 0. The van der Waals surface area contributed by atoms with Crippen LogP contribution in [0, 0.1) is 11.8 Å². The molecule has 0 spiro atoms. The molecule has 2 saturated heterocycles. The van der Waals surface area contributed by atoms with Crippen LogP contribution in [0.3, 0.4) is 0 Å². The van der Waals surface area contributed by atoms with Crippen molar-refractivity contribution >= 4 is 5.91 Å². The van der Waals surface area contributed by atoms with E-state index in [1.165, 1.54) is 0 Å². The fourth-order valence-corrected chi connectivity index (χ4v) is 2.11. The summed E-state index contributed by atoms with van der Waals surface area (Å²) in [5.41, 5.74) is 5.61. The summed E-state index contributed by atoms with van der Waals surface area (Å²) in [5.74, 6) is 1.24. The minimum atomic E-state index is 0.254. The van der Waals surface area contributed by atoms with Crippen LogP contribution in [0.15, 0.2) is 0 Å². The maximum atomic E-state index is 11.8. The lowest BCUT2D eigenvalue weighted by atomic mass is 9.94. The van der Waals surface area contributed by atoms with Gasteiger partial charge in [0.15, 0.2) is 0 Å². The lowest BCUT2D eigenvalue weighted by Gasteiger charge is -2.36. The Morgan fingerprint density at radius 2 is 2.00 bits per heavy atom. The van der Waals surface area contributed by atoms with Crippen molar-refractivity contribution < 1.29 is 4.79 Å². The maximum absolute atomic E-state index is 11.8. The molecule has 0 aliphatic carbocycles. The Morgan fingerprint density at radius 1 is 1.36 bits per heavy atom. The molecule has 0 aromatic rings. The number of amides is 1. The Labute approximate surface area is 84.8 Å². The van der Waals surface area contributed by atoms with Crippen molar-refractivity contribution in [3.63, 3.8) is 0 Å². The highest BCUT2D eigenvalue weighted by Gasteiger charge is 2.31. The van der Waals surface area contributed by atoms with Crippen LogP contribution in [0.5, 0.6) is 0 Å². The third-order valence-corrected chi connectivity index (χ3v) is 3.39. The molecule has 4 heteroatoms. The van der Waals surface area contributed by atoms with Crippen LogP contribution in [0.1, 0.15) is 12.8 Å². The second-order valence-electron chi connectivity index (χ2n) is 4.36. The van der Waals surface area contributed by atoms with E-state index >= 15 is 0 Å². The summed E-state index contributed by atoms with van der Waals surface area (Å²) in [5, 5.41) is 3.13. The summed E-state index contributed by atoms with van der Waals surface area (Å²) in [6.07, 6.45) is 2.17. The van der Waals surface area contributed by atoms with Crippen molar-refractivity contribution in [2.24, 2.45) is 17.6 Å². The quantitative estimate of drug-likeness (QED) is 0.621. The number of nitrogens with zero attached hydrogens (tertiary/aromatic N) is 1. The van der Waals surface area contributed by atoms with Gasteiger partial charge in [-0.15, -0.1) is 0 Å². The zero-order valence-electron chi connectivity index (χ0n) is 8.54. The van der Waals surface area contributed by atoms with Gasteiger partial charge in [0.1, 0.15) is 0 Å². The van der Waals surface area contributed by atoms with Crippen LogP contribution < -0.4 is 11.1 Å². The van der Waals surface area contributed by atoms with Crippen molar-refractivity contribution in [3.8, 4) is 0 Å². The van der Waals surface area contributed by atoms with Crippen LogP contribution in [-0.4, -0.2) is 43.5 Å². The molecule has 0 saturated carbocycles. The minimum Gasteiger partial charge on any atom is -0.342 e. The number of likely N-dealkylation sites (tertiary alicyclic amines) is 1. The highest BCUT2D eigenvalue weighted by atomic mass is 16.2. The van der Waals surface area contributed by atoms with Gasteiger partial charge in [0.25, 0.3) is 0 Å². The molecule has 1 amide bonds. The SMILES string of the molecule is NCC1CCN(C(=O)C2CNC2)CC1. The summed E-state index contributed by atoms with van der Waals surface area (Å²) in [6.45, 7) is 4.34. The standard InChI is InChI=1S/C10H19N3O/c11-5-8-1-3-13(4-2-8)10(14)9-6-12-7-9/h8-9,12H,1-7,11H2. The summed E-state index contributed by atoms with van der Waals surface area (Å²) >= 11 is 0. The average molecular weight is 197 g/mol. The Morgan fingerprint density at radius 3 is 2.43 bits per heavy atom. The highest BCUT2D eigenvalue weighted by molar-refractivity contribution is 5.80. The van der Waals surface area contributed by atoms with Crippen LogP contribution in [0.2, 0.25) is 0 Å². The van der Waals surface area contributed by atoms with E-state index in [2.05, 4.69) is 5.32 Å². The van der Waals surface area contributed by atoms with Gasteiger partial charge < -0.3 is 16.0 Å². The van der Waals surface area contributed by atoms with Gasteiger partial charge in [0.2, 0.25) is 5.91 Å². The molecular formula is C10H19N3O. The first-order valence-corrected chi connectivity index (χ1v) is 5.51. The lowest BCUT2D eigenvalue weighted by molar-refractivity contribution is -0.138. The van der Waals surface area contributed by atoms with Crippen molar-refractivity contribution in [2.45, 2.75) is 12.8 Å². The van der Waals surface area contributed by atoms with E-state index in [-0.39, 0.29) is 5.92 Å². The molecule has 4 nitrogen and oxygen atoms in total. The fourth-order valence-electron chi connectivity index (χ4n) is 2.11. The zero-order chi connectivity index (χ0) is 9.97. The van der Waals surface area contributed by atoms with Gasteiger partial charge in [0, 0.05) is 26.2 Å². The minimum absolute atomic E-state index is 0.254. The van der Waals surface area contributed by atoms with Gasteiger partial charge in [-0.05, 0) is 25.3 Å². The first-order valence-electron chi connectivity index (χ1n) is 5.51. The summed E-state index contributed by atoms with van der Waals surface area (Å²) in [6, 6.07) is 0. The smallest absolute Gasteiger partial charge is 0.228 e. The molecule has 0 aromatic heterocycles. The van der Waals surface area contributed by atoms with E-state index in [0.717, 1.165) is 45.6 Å². The first kappa shape index (κ1) is 9.93.